The van der Waals surface area contributed by atoms with Gasteiger partial charge in [-0.2, -0.15) is 0 Å². The van der Waals surface area contributed by atoms with Crippen LogP contribution < -0.4 is 10.9 Å². The lowest BCUT2D eigenvalue weighted by molar-refractivity contribution is 0.0987. The maximum Gasteiger partial charge on any atom is 0.272 e. The monoisotopic (exact) mass is 268 g/mol. The van der Waals surface area contributed by atoms with E-state index in [0.717, 1.165) is 0 Å². The van der Waals surface area contributed by atoms with E-state index in [1.165, 1.54) is 10.6 Å². The second-order valence-electron chi connectivity index (χ2n) is 5.84. The summed E-state index contributed by atoms with van der Waals surface area (Å²) in [6, 6.07) is 16.8. The van der Waals surface area contributed by atoms with Crippen molar-refractivity contribution in [2.45, 2.75) is 26.2 Å². The van der Waals surface area contributed by atoms with Crippen LogP contribution in [0.25, 0.3) is 0 Å². The number of anilines is 1. The van der Waals surface area contributed by atoms with Gasteiger partial charge in [-0.25, -0.2) is 10.9 Å². The minimum absolute atomic E-state index is 0.0847. The molecule has 0 aliphatic carbocycles. The summed E-state index contributed by atoms with van der Waals surface area (Å²) in [5, 5.41) is 1.18. The summed E-state index contributed by atoms with van der Waals surface area (Å²) < 4.78 is 0. The topological polar surface area (TPSA) is 46.3 Å². The average molecular weight is 268 g/mol. The first-order valence-corrected chi connectivity index (χ1v) is 6.64. The molecule has 0 saturated heterocycles. The second kappa shape index (κ2) is 5.47. The Morgan fingerprint density at radius 1 is 0.950 bits per heavy atom. The van der Waals surface area contributed by atoms with Gasteiger partial charge in [0.2, 0.25) is 0 Å². The maximum atomic E-state index is 12.2. The minimum Gasteiger partial charge on any atom is -0.267 e. The van der Waals surface area contributed by atoms with Gasteiger partial charge >= 0.3 is 0 Å². The van der Waals surface area contributed by atoms with Crippen molar-refractivity contribution in [3.8, 4) is 0 Å². The molecule has 0 unspecified atom stereocenters. The van der Waals surface area contributed by atoms with E-state index in [-0.39, 0.29) is 11.3 Å². The summed E-state index contributed by atoms with van der Waals surface area (Å²) in [6.07, 6.45) is 0. The number of rotatable bonds is 2. The molecule has 0 atom stereocenters. The first-order chi connectivity index (χ1) is 9.39. The molecule has 20 heavy (non-hydrogen) atoms. The van der Waals surface area contributed by atoms with Gasteiger partial charge in [-0.15, -0.1) is 0 Å². The summed E-state index contributed by atoms with van der Waals surface area (Å²) in [6.45, 7) is 6.45. The standard InChI is InChI=1S/C17H20N2O/c1-17(2,3)14-9-11-15(12-10-14)19(18)16(20)13-7-5-4-6-8-13/h4-12H,18H2,1-3H3. The Morgan fingerprint density at radius 2 is 1.50 bits per heavy atom. The Hall–Kier alpha value is -2.13. The van der Waals surface area contributed by atoms with E-state index in [2.05, 4.69) is 20.8 Å². The van der Waals surface area contributed by atoms with E-state index in [0.29, 0.717) is 11.3 Å². The molecule has 0 bridgehead atoms. The van der Waals surface area contributed by atoms with Crippen molar-refractivity contribution in [3.05, 3.63) is 65.7 Å². The summed E-state index contributed by atoms with van der Waals surface area (Å²) >= 11 is 0. The van der Waals surface area contributed by atoms with Gasteiger partial charge in [0.05, 0.1) is 5.69 Å². The number of hydrazine groups is 1. The van der Waals surface area contributed by atoms with Crippen molar-refractivity contribution in [1.29, 1.82) is 0 Å². The van der Waals surface area contributed by atoms with E-state index in [1.54, 1.807) is 12.1 Å². The third-order valence-corrected chi connectivity index (χ3v) is 3.25. The van der Waals surface area contributed by atoms with Crippen LogP contribution in [0, 0.1) is 0 Å². The quantitative estimate of drug-likeness (QED) is 0.514. The lowest BCUT2D eigenvalue weighted by atomic mass is 9.87. The zero-order valence-electron chi connectivity index (χ0n) is 12.1. The normalized spacial score (nSPS) is 11.2. The van der Waals surface area contributed by atoms with Crippen molar-refractivity contribution >= 4 is 11.6 Å². The maximum absolute atomic E-state index is 12.2. The van der Waals surface area contributed by atoms with Crippen molar-refractivity contribution in [1.82, 2.24) is 0 Å². The number of carbonyl (C=O) groups is 1. The SMILES string of the molecule is CC(C)(C)c1ccc(N(N)C(=O)c2ccccc2)cc1. The molecule has 2 aromatic rings. The largest absolute Gasteiger partial charge is 0.272 e. The molecule has 2 rings (SSSR count). The molecule has 0 aromatic heterocycles. The summed E-state index contributed by atoms with van der Waals surface area (Å²) in [7, 11) is 0. The molecule has 0 fully saturated rings. The number of nitrogens with zero attached hydrogens (tertiary/aromatic N) is 1. The molecule has 0 spiro atoms. The number of benzene rings is 2. The molecule has 1 amide bonds. The van der Waals surface area contributed by atoms with E-state index >= 15 is 0 Å². The van der Waals surface area contributed by atoms with Crippen LogP contribution in [0.2, 0.25) is 0 Å². The van der Waals surface area contributed by atoms with Crippen LogP contribution >= 0.6 is 0 Å². The first-order valence-electron chi connectivity index (χ1n) is 6.64. The van der Waals surface area contributed by atoms with Crippen LogP contribution in [-0.4, -0.2) is 5.91 Å². The van der Waals surface area contributed by atoms with E-state index in [9.17, 15) is 4.79 Å². The summed E-state index contributed by atoms with van der Waals surface area (Å²) in [5.41, 5.74) is 2.56. The molecule has 3 heteroatoms. The molecule has 0 saturated carbocycles. The van der Waals surface area contributed by atoms with Gasteiger partial charge in [0.15, 0.2) is 0 Å². The zero-order valence-corrected chi connectivity index (χ0v) is 12.1. The minimum atomic E-state index is -0.214. The molecule has 2 aromatic carbocycles. The molecule has 0 aliphatic rings. The molecule has 0 aliphatic heterocycles. The van der Waals surface area contributed by atoms with E-state index in [4.69, 9.17) is 5.84 Å². The fourth-order valence-corrected chi connectivity index (χ4v) is 1.96. The highest BCUT2D eigenvalue weighted by Gasteiger charge is 2.16. The van der Waals surface area contributed by atoms with Gasteiger partial charge in [-0.05, 0) is 35.2 Å². The molecule has 2 N–H and O–H groups in total. The number of amides is 1. The van der Waals surface area contributed by atoms with E-state index < -0.39 is 0 Å². The Balaban J connectivity index is 2.22. The fourth-order valence-electron chi connectivity index (χ4n) is 1.96. The van der Waals surface area contributed by atoms with Gasteiger partial charge in [0, 0.05) is 5.56 Å². The van der Waals surface area contributed by atoms with Crippen LogP contribution in [0.15, 0.2) is 54.6 Å². The van der Waals surface area contributed by atoms with Crippen molar-refractivity contribution in [2.24, 2.45) is 5.84 Å². The summed E-state index contributed by atoms with van der Waals surface area (Å²) in [5.74, 6) is 5.70. The fraction of sp³-hybridized carbons (Fsp3) is 0.235. The number of carbonyl (C=O) groups excluding carboxylic acids is 1. The highest BCUT2D eigenvalue weighted by Crippen LogP contribution is 2.24. The second-order valence-corrected chi connectivity index (χ2v) is 5.84. The van der Waals surface area contributed by atoms with Crippen LogP contribution in [0.3, 0.4) is 0 Å². The average Bonchev–Trinajstić information content (AvgIpc) is 2.46. The molecule has 104 valence electrons. The lowest BCUT2D eigenvalue weighted by Gasteiger charge is -2.21. The molecule has 0 heterocycles. The van der Waals surface area contributed by atoms with Crippen LogP contribution in [-0.2, 0) is 5.41 Å². The van der Waals surface area contributed by atoms with Crippen molar-refractivity contribution in [2.75, 3.05) is 5.01 Å². The molecular weight excluding hydrogens is 248 g/mol. The Labute approximate surface area is 120 Å². The van der Waals surface area contributed by atoms with Gasteiger partial charge in [-0.3, -0.25) is 4.79 Å². The Bertz CT molecular complexity index is 583. The lowest BCUT2D eigenvalue weighted by Crippen LogP contribution is -2.37. The van der Waals surface area contributed by atoms with E-state index in [1.807, 2.05) is 42.5 Å². The van der Waals surface area contributed by atoms with Crippen LogP contribution in [0.4, 0.5) is 5.69 Å². The predicted octanol–water partition coefficient (Wildman–Crippen LogP) is 3.50. The van der Waals surface area contributed by atoms with Crippen molar-refractivity contribution in [3.63, 3.8) is 0 Å². The third kappa shape index (κ3) is 3.06. The van der Waals surface area contributed by atoms with Crippen molar-refractivity contribution < 1.29 is 4.79 Å². The number of hydrogen-bond acceptors (Lipinski definition) is 2. The molecule has 3 nitrogen and oxygen atoms in total. The third-order valence-electron chi connectivity index (χ3n) is 3.25. The number of hydrogen-bond donors (Lipinski definition) is 1. The predicted molar refractivity (Wildman–Crippen MR) is 82.6 cm³/mol. The zero-order chi connectivity index (χ0) is 14.8. The van der Waals surface area contributed by atoms with Crippen LogP contribution in [0.5, 0.6) is 0 Å². The molecular formula is C17H20N2O. The highest BCUT2D eigenvalue weighted by molar-refractivity contribution is 6.05. The summed E-state index contributed by atoms with van der Waals surface area (Å²) in [4.78, 5) is 12.2. The van der Waals surface area contributed by atoms with Crippen LogP contribution in [0.1, 0.15) is 36.7 Å². The highest BCUT2D eigenvalue weighted by atomic mass is 16.2. The van der Waals surface area contributed by atoms with Gasteiger partial charge < -0.3 is 0 Å². The van der Waals surface area contributed by atoms with Gasteiger partial charge in [0.25, 0.3) is 5.91 Å². The van der Waals surface area contributed by atoms with Gasteiger partial charge in [0.1, 0.15) is 0 Å². The Morgan fingerprint density at radius 3 is 2.00 bits per heavy atom. The smallest absolute Gasteiger partial charge is 0.267 e. The number of nitrogens with two attached hydrogens (primary N) is 1. The van der Waals surface area contributed by atoms with Gasteiger partial charge in [-0.1, -0.05) is 51.1 Å². The Kier molecular flexibility index (Phi) is 3.91. The molecule has 0 radical (unpaired) electrons. The first kappa shape index (κ1) is 14.3.